The molecule has 1 spiro atoms. The number of anilines is 1. The topological polar surface area (TPSA) is 64.8 Å². The largest absolute Gasteiger partial charge is 0.494 e. The molecule has 2 fully saturated rings. The predicted molar refractivity (Wildman–Crippen MR) is 88.2 cm³/mol. The molecule has 0 aromatic heterocycles. The van der Waals surface area contributed by atoms with Gasteiger partial charge in [0.2, 0.25) is 0 Å². The summed E-state index contributed by atoms with van der Waals surface area (Å²) in [6.45, 7) is 5.06. The van der Waals surface area contributed by atoms with Crippen LogP contribution in [0, 0.1) is 15.9 Å². The van der Waals surface area contributed by atoms with Crippen molar-refractivity contribution in [1.29, 1.82) is 0 Å². The minimum atomic E-state index is -0.726. The van der Waals surface area contributed by atoms with E-state index in [1.165, 1.54) is 13.2 Å². The Morgan fingerprint density at radius 2 is 1.96 bits per heavy atom. The number of methoxy groups -OCH3 is 1. The molecule has 1 saturated heterocycles. The second-order valence-electron chi connectivity index (χ2n) is 7.34. The van der Waals surface area contributed by atoms with Crippen molar-refractivity contribution in [3.05, 3.63) is 28.1 Å². The quantitative estimate of drug-likeness (QED) is 0.621. The smallest absolute Gasteiger partial charge is 0.295 e. The number of nitro groups is 1. The van der Waals surface area contributed by atoms with Gasteiger partial charge in [-0.25, -0.2) is 4.39 Å². The Bertz CT molecular complexity index is 656. The van der Waals surface area contributed by atoms with Crippen LogP contribution in [0.25, 0.3) is 0 Å². The van der Waals surface area contributed by atoms with Crippen molar-refractivity contribution in [3.63, 3.8) is 0 Å². The molecule has 0 amide bonds. The summed E-state index contributed by atoms with van der Waals surface area (Å²) in [6, 6.07) is 2.37. The number of ether oxygens (including phenoxy) is 2. The van der Waals surface area contributed by atoms with Gasteiger partial charge in [-0.3, -0.25) is 10.1 Å². The lowest BCUT2D eigenvalue weighted by Gasteiger charge is -2.49. The lowest BCUT2D eigenvalue weighted by atomic mass is 9.93. The molecule has 7 heteroatoms. The molecule has 132 valence electrons. The van der Waals surface area contributed by atoms with Gasteiger partial charge in [-0.2, -0.15) is 0 Å². The fraction of sp³-hybridized carbons (Fsp3) is 0.647. The highest BCUT2D eigenvalue weighted by Crippen LogP contribution is 2.44. The summed E-state index contributed by atoms with van der Waals surface area (Å²) < 4.78 is 25.3. The van der Waals surface area contributed by atoms with Crippen LogP contribution in [0.2, 0.25) is 0 Å². The summed E-state index contributed by atoms with van der Waals surface area (Å²) in [5, 5.41) is 11.4. The van der Waals surface area contributed by atoms with Gasteiger partial charge in [0.05, 0.1) is 29.3 Å². The fourth-order valence-electron chi connectivity index (χ4n) is 4.05. The molecule has 1 aliphatic carbocycles. The molecule has 1 aliphatic heterocycles. The maximum atomic E-state index is 13.9. The molecule has 0 unspecified atom stereocenters. The lowest BCUT2D eigenvalue weighted by Crippen LogP contribution is -2.58. The average Bonchev–Trinajstić information content (AvgIpc) is 2.92. The molecule has 1 aromatic rings. The van der Waals surface area contributed by atoms with Gasteiger partial charge in [0.25, 0.3) is 5.69 Å². The van der Waals surface area contributed by atoms with E-state index in [0.29, 0.717) is 18.8 Å². The van der Waals surface area contributed by atoms with Gasteiger partial charge in [0, 0.05) is 19.2 Å². The van der Waals surface area contributed by atoms with Gasteiger partial charge < -0.3 is 14.4 Å². The van der Waals surface area contributed by atoms with Gasteiger partial charge in [0.1, 0.15) is 5.69 Å². The van der Waals surface area contributed by atoms with Crippen molar-refractivity contribution < 1.29 is 18.8 Å². The summed E-state index contributed by atoms with van der Waals surface area (Å²) in [5.74, 6) is -0.712. The molecular weight excluding hydrogens is 315 g/mol. The van der Waals surface area contributed by atoms with Crippen LogP contribution >= 0.6 is 0 Å². The molecule has 2 aliphatic rings. The van der Waals surface area contributed by atoms with Gasteiger partial charge in [-0.05, 0) is 26.7 Å². The maximum absolute atomic E-state index is 13.9. The van der Waals surface area contributed by atoms with Crippen LogP contribution < -0.4 is 9.64 Å². The Morgan fingerprint density at radius 3 is 2.54 bits per heavy atom. The summed E-state index contributed by atoms with van der Waals surface area (Å²) >= 11 is 0. The zero-order chi connectivity index (χ0) is 17.5. The number of hydrogen-bond donors (Lipinski definition) is 0. The third-order valence-corrected chi connectivity index (χ3v) is 4.84. The van der Waals surface area contributed by atoms with Crippen LogP contribution in [0.15, 0.2) is 12.1 Å². The first-order valence-corrected chi connectivity index (χ1v) is 8.22. The van der Waals surface area contributed by atoms with Gasteiger partial charge >= 0.3 is 0 Å². The van der Waals surface area contributed by atoms with Crippen molar-refractivity contribution in [2.24, 2.45) is 0 Å². The second-order valence-corrected chi connectivity index (χ2v) is 7.34. The van der Waals surface area contributed by atoms with E-state index >= 15 is 0 Å². The molecule has 0 bridgehead atoms. The maximum Gasteiger partial charge on any atom is 0.295 e. The Labute approximate surface area is 140 Å². The highest BCUT2D eigenvalue weighted by atomic mass is 19.1. The van der Waals surface area contributed by atoms with Crippen LogP contribution in [0.4, 0.5) is 15.8 Å². The molecule has 24 heavy (non-hydrogen) atoms. The number of nitro benzene ring substituents is 1. The van der Waals surface area contributed by atoms with Crippen molar-refractivity contribution in [1.82, 2.24) is 0 Å². The van der Waals surface area contributed by atoms with Crippen molar-refractivity contribution in [2.75, 3.05) is 25.1 Å². The Kier molecular flexibility index (Phi) is 4.15. The zero-order valence-corrected chi connectivity index (χ0v) is 14.3. The van der Waals surface area contributed by atoms with Crippen LogP contribution in [0.1, 0.15) is 39.5 Å². The molecule has 6 nitrogen and oxygen atoms in total. The van der Waals surface area contributed by atoms with E-state index in [-0.39, 0.29) is 17.0 Å². The second kappa shape index (κ2) is 5.88. The van der Waals surface area contributed by atoms with E-state index in [9.17, 15) is 14.5 Å². The monoisotopic (exact) mass is 338 g/mol. The molecule has 1 saturated carbocycles. The Hall–Kier alpha value is -1.89. The van der Waals surface area contributed by atoms with Crippen LogP contribution in [0.5, 0.6) is 5.75 Å². The van der Waals surface area contributed by atoms with Crippen LogP contribution in [-0.2, 0) is 4.74 Å². The lowest BCUT2D eigenvalue weighted by molar-refractivity contribution is -0.384. The highest BCUT2D eigenvalue weighted by molar-refractivity contribution is 5.67. The minimum Gasteiger partial charge on any atom is -0.494 e. The van der Waals surface area contributed by atoms with E-state index in [4.69, 9.17) is 9.47 Å². The Balaban J connectivity index is 2.04. The highest BCUT2D eigenvalue weighted by Gasteiger charge is 2.47. The molecule has 0 N–H and O–H groups in total. The average molecular weight is 338 g/mol. The van der Waals surface area contributed by atoms with E-state index in [2.05, 4.69) is 0 Å². The van der Waals surface area contributed by atoms with E-state index < -0.39 is 16.3 Å². The molecule has 1 aromatic carbocycles. The number of hydrogen-bond acceptors (Lipinski definition) is 5. The summed E-state index contributed by atoms with van der Waals surface area (Å²) in [5.41, 5.74) is -0.560. The normalized spacial score (nSPS) is 21.9. The molecular formula is C17H23FN2O4. The van der Waals surface area contributed by atoms with Crippen molar-refractivity contribution in [2.45, 2.75) is 50.7 Å². The first-order chi connectivity index (χ1) is 11.3. The minimum absolute atomic E-state index is 0.0142. The number of rotatable bonds is 3. The number of morpholine rings is 1. The van der Waals surface area contributed by atoms with E-state index in [1.807, 2.05) is 18.7 Å². The van der Waals surface area contributed by atoms with Gasteiger partial charge in [-0.1, -0.05) is 12.8 Å². The number of halogens is 1. The van der Waals surface area contributed by atoms with Gasteiger partial charge in [0.15, 0.2) is 11.6 Å². The van der Waals surface area contributed by atoms with Crippen molar-refractivity contribution in [3.8, 4) is 5.75 Å². The van der Waals surface area contributed by atoms with E-state index in [1.54, 1.807) is 0 Å². The molecule has 1 heterocycles. The Morgan fingerprint density at radius 1 is 1.29 bits per heavy atom. The van der Waals surface area contributed by atoms with Crippen LogP contribution in [0.3, 0.4) is 0 Å². The summed E-state index contributed by atoms with van der Waals surface area (Å²) in [4.78, 5) is 12.8. The SMILES string of the molecule is COc1cc(N2CC(C)(C)OC3(CCCC3)C2)c([N+](=O)[O-])cc1F. The summed E-state index contributed by atoms with van der Waals surface area (Å²) in [6.07, 6.45) is 4.08. The van der Waals surface area contributed by atoms with Gasteiger partial charge in [-0.15, -0.1) is 0 Å². The zero-order valence-electron chi connectivity index (χ0n) is 14.3. The standard InChI is InChI=1S/C17H23FN2O4/c1-16(2)10-19(11-17(24-16)6-4-5-7-17)13-9-15(23-3)12(18)8-14(13)20(21)22/h8-9H,4-7,10-11H2,1-3H3. The predicted octanol–water partition coefficient (Wildman–Crippen LogP) is 3.67. The molecule has 0 atom stereocenters. The molecule has 0 radical (unpaired) electrons. The third kappa shape index (κ3) is 3.05. The summed E-state index contributed by atoms with van der Waals surface area (Å²) in [7, 11) is 1.36. The third-order valence-electron chi connectivity index (χ3n) is 4.84. The first kappa shape index (κ1) is 17.0. The fourth-order valence-corrected chi connectivity index (χ4v) is 4.05. The number of benzene rings is 1. The molecule has 3 rings (SSSR count). The van der Waals surface area contributed by atoms with Crippen LogP contribution in [-0.4, -0.2) is 36.3 Å². The van der Waals surface area contributed by atoms with E-state index in [0.717, 1.165) is 31.7 Å². The first-order valence-electron chi connectivity index (χ1n) is 8.22. The van der Waals surface area contributed by atoms with Crippen molar-refractivity contribution >= 4 is 11.4 Å². The number of nitrogens with zero attached hydrogens (tertiary/aromatic N) is 2.